The Morgan fingerprint density at radius 2 is 2.19 bits per heavy atom. The molecule has 2 rings (SSSR count). The molecule has 0 fully saturated rings. The molecule has 21 heavy (non-hydrogen) atoms. The zero-order valence-electron chi connectivity index (χ0n) is 11.5. The number of rotatable bonds is 5. The Morgan fingerprint density at radius 3 is 2.86 bits per heavy atom. The summed E-state index contributed by atoms with van der Waals surface area (Å²) in [5.74, 6) is 1.03. The van der Waals surface area contributed by atoms with Crippen LogP contribution in [-0.2, 0) is 0 Å². The van der Waals surface area contributed by atoms with Crippen LogP contribution in [0.3, 0.4) is 0 Å². The van der Waals surface area contributed by atoms with Gasteiger partial charge in [0, 0.05) is 12.6 Å². The van der Waals surface area contributed by atoms with Gasteiger partial charge >= 0.3 is 5.69 Å². The number of nitro groups is 1. The van der Waals surface area contributed by atoms with E-state index in [0.29, 0.717) is 22.4 Å². The van der Waals surface area contributed by atoms with Gasteiger partial charge in [0.15, 0.2) is 0 Å². The number of halogens is 1. The first-order chi connectivity index (χ1) is 10.0. The van der Waals surface area contributed by atoms with E-state index in [1.54, 1.807) is 19.1 Å². The Hall–Kier alpha value is -2.22. The molecule has 0 saturated carbocycles. The Morgan fingerprint density at radius 1 is 1.43 bits per heavy atom. The van der Waals surface area contributed by atoms with Crippen LogP contribution in [0.2, 0.25) is 0 Å². The van der Waals surface area contributed by atoms with Gasteiger partial charge in [0.25, 0.3) is 0 Å². The highest BCUT2D eigenvalue weighted by Gasteiger charge is 2.20. The number of ether oxygens (including phenoxy) is 1. The van der Waals surface area contributed by atoms with Crippen LogP contribution in [0.15, 0.2) is 29.0 Å². The van der Waals surface area contributed by atoms with Crippen molar-refractivity contribution >= 4 is 27.4 Å². The Balaban J connectivity index is 2.44. The number of nitrogens with one attached hydrogen (secondary N) is 1. The molecule has 110 valence electrons. The molecular formula is C13H13BrN4O3. The summed E-state index contributed by atoms with van der Waals surface area (Å²) in [6.07, 6.45) is 1.35. The van der Waals surface area contributed by atoms with Crippen molar-refractivity contribution in [3.05, 3.63) is 44.7 Å². The Bertz CT molecular complexity index is 678. The van der Waals surface area contributed by atoms with Gasteiger partial charge < -0.3 is 10.1 Å². The van der Waals surface area contributed by atoms with E-state index in [1.807, 2.05) is 6.92 Å². The summed E-state index contributed by atoms with van der Waals surface area (Å²) in [5, 5.41) is 14.2. The minimum atomic E-state index is -0.498. The molecule has 0 amide bonds. The van der Waals surface area contributed by atoms with Gasteiger partial charge in [-0.05, 0) is 35.8 Å². The van der Waals surface area contributed by atoms with Crippen molar-refractivity contribution in [2.75, 3.05) is 11.9 Å². The molecule has 1 N–H and O–H groups in total. The maximum atomic E-state index is 11.1. The third-order valence-corrected chi connectivity index (χ3v) is 3.35. The first kappa shape index (κ1) is 15.2. The fourth-order valence-electron chi connectivity index (χ4n) is 1.72. The quantitative estimate of drug-likeness (QED) is 0.651. The maximum Gasteiger partial charge on any atom is 0.312 e. The number of benzene rings is 1. The third-order valence-electron chi connectivity index (χ3n) is 2.72. The fraction of sp³-hybridized carbons (Fsp3) is 0.231. The van der Waals surface area contributed by atoms with Crippen LogP contribution in [0.5, 0.6) is 11.6 Å². The van der Waals surface area contributed by atoms with E-state index in [1.165, 1.54) is 12.4 Å². The summed E-state index contributed by atoms with van der Waals surface area (Å²) < 4.78 is 6.13. The molecule has 0 radical (unpaired) electrons. The van der Waals surface area contributed by atoms with E-state index in [-0.39, 0.29) is 17.3 Å². The predicted octanol–water partition coefficient (Wildman–Crippen LogP) is 3.68. The summed E-state index contributed by atoms with van der Waals surface area (Å²) in [6.45, 7) is 4.43. The highest BCUT2D eigenvalue weighted by atomic mass is 79.9. The molecule has 1 heterocycles. The van der Waals surface area contributed by atoms with Crippen molar-refractivity contribution in [1.29, 1.82) is 0 Å². The zero-order chi connectivity index (χ0) is 15.4. The summed E-state index contributed by atoms with van der Waals surface area (Å²) >= 11 is 3.26. The lowest BCUT2D eigenvalue weighted by molar-refractivity contribution is -0.385. The van der Waals surface area contributed by atoms with Crippen LogP contribution in [0.25, 0.3) is 0 Å². The normalized spacial score (nSPS) is 10.2. The van der Waals surface area contributed by atoms with Crippen molar-refractivity contribution in [1.82, 2.24) is 9.97 Å². The van der Waals surface area contributed by atoms with Gasteiger partial charge in [-0.2, -0.15) is 0 Å². The summed E-state index contributed by atoms with van der Waals surface area (Å²) in [5.41, 5.74) is 0.553. The average molecular weight is 353 g/mol. The smallest absolute Gasteiger partial charge is 0.312 e. The van der Waals surface area contributed by atoms with Crippen LogP contribution in [0.4, 0.5) is 11.5 Å². The highest BCUT2D eigenvalue weighted by molar-refractivity contribution is 9.10. The topological polar surface area (TPSA) is 90.2 Å². The first-order valence-electron chi connectivity index (χ1n) is 6.20. The van der Waals surface area contributed by atoms with Gasteiger partial charge in [-0.25, -0.2) is 9.97 Å². The molecule has 0 atom stereocenters. The fourth-order valence-corrected chi connectivity index (χ4v) is 2.16. The second-order valence-corrected chi connectivity index (χ2v) is 4.98. The number of aromatic nitrogens is 2. The lowest BCUT2D eigenvalue weighted by atomic mass is 10.3. The van der Waals surface area contributed by atoms with E-state index >= 15 is 0 Å². The number of anilines is 1. The van der Waals surface area contributed by atoms with Crippen molar-refractivity contribution in [3.8, 4) is 11.6 Å². The number of para-hydroxylation sites is 1. The van der Waals surface area contributed by atoms with Gasteiger partial charge in [-0.1, -0.05) is 6.07 Å². The van der Waals surface area contributed by atoms with E-state index < -0.39 is 4.92 Å². The van der Waals surface area contributed by atoms with Crippen LogP contribution >= 0.6 is 15.9 Å². The predicted molar refractivity (Wildman–Crippen MR) is 81.8 cm³/mol. The lowest BCUT2D eigenvalue weighted by Crippen LogP contribution is -2.04. The van der Waals surface area contributed by atoms with Crippen molar-refractivity contribution in [3.63, 3.8) is 0 Å². The van der Waals surface area contributed by atoms with Crippen LogP contribution in [0, 0.1) is 17.0 Å². The van der Waals surface area contributed by atoms with Gasteiger partial charge in [-0.15, -0.1) is 0 Å². The minimum absolute atomic E-state index is 0.117. The summed E-state index contributed by atoms with van der Waals surface area (Å²) in [4.78, 5) is 18.7. The highest BCUT2D eigenvalue weighted by Crippen LogP contribution is 2.38. The largest absolute Gasteiger partial charge is 0.430 e. The molecule has 0 bridgehead atoms. The monoisotopic (exact) mass is 352 g/mol. The van der Waals surface area contributed by atoms with Crippen LogP contribution in [0.1, 0.15) is 12.5 Å². The van der Waals surface area contributed by atoms with E-state index in [2.05, 4.69) is 31.2 Å². The second-order valence-electron chi connectivity index (χ2n) is 4.13. The number of nitrogens with zero attached hydrogens (tertiary/aromatic N) is 3. The molecular weight excluding hydrogens is 340 g/mol. The van der Waals surface area contributed by atoms with Gasteiger partial charge in [0.2, 0.25) is 11.6 Å². The van der Waals surface area contributed by atoms with Crippen LogP contribution < -0.4 is 10.1 Å². The molecule has 0 unspecified atom stereocenters. The molecule has 1 aromatic carbocycles. The molecule has 0 aliphatic carbocycles. The SMILES string of the molecule is CCNc1ncnc(Oc2c(Br)cccc2[N+](=O)[O-])c1C. The second kappa shape index (κ2) is 6.49. The molecule has 8 heteroatoms. The van der Waals surface area contributed by atoms with Crippen molar-refractivity contribution in [2.45, 2.75) is 13.8 Å². The van der Waals surface area contributed by atoms with Crippen LogP contribution in [-0.4, -0.2) is 21.4 Å². The molecule has 7 nitrogen and oxygen atoms in total. The Labute approximate surface area is 129 Å². The van der Waals surface area contributed by atoms with Crippen molar-refractivity contribution in [2.24, 2.45) is 0 Å². The van der Waals surface area contributed by atoms with E-state index in [9.17, 15) is 10.1 Å². The first-order valence-corrected chi connectivity index (χ1v) is 7.00. The van der Waals surface area contributed by atoms with E-state index in [0.717, 1.165) is 0 Å². The zero-order valence-corrected chi connectivity index (χ0v) is 13.0. The van der Waals surface area contributed by atoms with Crippen molar-refractivity contribution < 1.29 is 9.66 Å². The summed E-state index contributed by atoms with van der Waals surface area (Å²) in [7, 11) is 0. The summed E-state index contributed by atoms with van der Waals surface area (Å²) in [6, 6.07) is 4.62. The minimum Gasteiger partial charge on any atom is -0.430 e. The van der Waals surface area contributed by atoms with E-state index in [4.69, 9.17) is 4.74 Å². The molecule has 0 aliphatic rings. The van der Waals surface area contributed by atoms with Gasteiger partial charge in [0.1, 0.15) is 12.1 Å². The molecule has 0 spiro atoms. The molecule has 1 aromatic heterocycles. The average Bonchev–Trinajstić information content (AvgIpc) is 2.45. The number of hydrogen-bond acceptors (Lipinski definition) is 6. The number of hydrogen-bond donors (Lipinski definition) is 1. The Kier molecular flexibility index (Phi) is 4.69. The third kappa shape index (κ3) is 3.27. The van der Waals surface area contributed by atoms with Gasteiger partial charge in [0.05, 0.1) is 15.0 Å². The lowest BCUT2D eigenvalue weighted by Gasteiger charge is -2.12. The molecule has 0 aliphatic heterocycles. The standard InChI is InChI=1S/C13H13BrN4O3/c1-3-15-12-8(2)13(17-7-16-12)21-11-9(14)5-4-6-10(11)18(19)20/h4-7H,3H2,1-2H3,(H,15,16,17). The van der Waals surface area contributed by atoms with Gasteiger partial charge in [-0.3, -0.25) is 10.1 Å². The number of nitro benzene ring substituents is 1. The molecule has 2 aromatic rings. The molecule has 0 saturated heterocycles. The maximum absolute atomic E-state index is 11.1.